The van der Waals surface area contributed by atoms with Gasteiger partial charge in [-0.05, 0) is 80.1 Å². The smallest absolute Gasteiger partial charge is 1.00 e. The van der Waals surface area contributed by atoms with Crippen LogP contribution in [0.25, 0.3) is 64.5 Å². The minimum atomic E-state index is -0.698. The molecule has 0 fully saturated rings. The summed E-state index contributed by atoms with van der Waals surface area (Å²) < 4.78 is 78.2. The first-order valence-corrected chi connectivity index (χ1v) is 24.6. The largest absolute Gasteiger partial charge is 1.00 e. The van der Waals surface area contributed by atoms with Crippen LogP contribution in [-0.4, -0.2) is 75.3 Å². The summed E-state index contributed by atoms with van der Waals surface area (Å²) in [6.45, 7) is 3.77. The molecule has 0 aliphatic rings. The molecular weight excluding hydrogens is 1350 g/mol. The fraction of sp³-hybridized carbons (Fsp3) is 0.189. The van der Waals surface area contributed by atoms with Crippen LogP contribution in [0.3, 0.4) is 0 Å². The monoisotopic (exact) mass is 1400 g/mol. The molecule has 394 valence electrons. The average molecular weight is 1400 g/mol. The molecule has 10 aromatic rings. The number of ether oxygens (including phenoxy) is 4. The van der Waals surface area contributed by atoms with Crippen LogP contribution in [0, 0.1) is 23.3 Å². The second kappa shape index (κ2) is 32.5. The molecule has 0 aliphatic carbocycles. The fourth-order valence-electron chi connectivity index (χ4n) is 7.76. The molecule has 0 atom stereocenters. The normalized spacial score (nSPS) is 10.2. The van der Waals surface area contributed by atoms with E-state index in [-0.39, 0.29) is 185 Å². The molecule has 0 aliphatic heterocycles. The van der Waals surface area contributed by atoms with Gasteiger partial charge in [-0.3, -0.25) is 4.79 Å². The number of fused-ring (bicyclic) bond motifs is 6. The summed E-state index contributed by atoms with van der Waals surface area (Å²) >= 11 is 6.04. The zero-order chi connectivity index (χ0) is 52.2. The van der Waals surface area contributed by atoms with Gasteiger partial charge in [-0.1, -0.05) is 42.9 Å². The van der Waals surface area contributed by atoms with Crippen molar-refractivity contribution in [2.24, 2.45) is 0 Å². The molecule has 0 saturated carbocycles. The van der Waals surface area contributed by atoms with Crippen molar-refractivity contribution in [3.05, 3.63) is 154 Å². The van der Waals surface area contributed by atoms with Crippen LogP contribution in [0.15, 0.2) is 108 Å². The molecule has 0 bridgehead atoms. The molecule has 4 aromatic carbocycles. The van der Waals surface area contributed by atoms with Crippen molar-refractivity contribution in [3.63, 3.8) is 0 Å². The summed E-state index contributed by atoms with van der Waals surface area (Å²) in [5, 5.41) is 10.5. The Morgan fingerprint density at radius 1 is 0.714 bits per heavy atom. The number of aromatic nitrogens is 6. The standard InChI is InChI=1S/C25H19F2N3O3S.C18H15N3O3S.C7H5BrF2.CH2O3.2CH4.2Cs.H/c1-3-33-25(31)22-20(16-5-4-10-28-24(16)32-2)21-19(9-8-18-23(21)34-13-29-18)30(22)12-14-6-7-15(26)11-17(14)27;1-3-24-18(22)15-13(10-5-4-8-19-17(10)23-2)14-11(21-15)6-7-12-16(14)25-9-20-12;8-4-5-1-2-6(9)3-7(5)10;2-1-4-3;;;;;/h4-11,13H,3,12H2,1-2H3;4-9,21H,3H2,1-2H3;1-3H,4H2;1,3H;2*1H4;;;/q;;;;;;2*+1;-1/p-1. The van der Waals surface area contributed by atoms with Crippen molar-refractivity contribution in [1.29, 1.82) is 0 Å². The maximum atomic E-state index is 14.7. The zero-order valence-corrected chi connectivity index (χ0v) is 56.7. The van der Waals surface area contributed by atoms with E-state index in [1.807, 2.05) is 42.5 Å². The number of carbonyl (C=O) groups excluding carboxylic acids is 3. The summed E-state index contributed by atoms with van der Waals surface area (Å²) in [4.78, 5) is 57.8. The molecule has 15 nitrogen and oxygen atoms in total. The van der Waals surface area contributed by atoms with Gasteiger partial charge < -0.3 is 40.1 Å². The van der Waals surface area contributed by atoms with Gasteiger partial charge >= 0.3 is 150 Å². The van der Waals surface area contributed by atoms with Gasteiger partial charge in [0.15, 0.2) is 0 Å². The van der Waals surface area contributed by atoms with Gasteiger partial charge in [0.05, 0.1) is 70.9 Å². The Hall–Kier alpha value is -3.69. The van der Waals surface area contributed by atoms with Crippen LogP contribution in [0.5, 0.6) is 11.8 Å². The number of nitrogens with one attached hydrogen (secondary N) is 1. The third-order valence-corrected chi connectivity index (χ3v) is 13.1. The van der Waals surface area contributed by atoms with Gasteiger partial charge in [0.1, 0.15) is 34.7 Å². The predicted molar refractivity (Wildman–Crippen MR) is 284 cm³/mol. The number of benzene rings is 4. The number of methoxy groups -OCH3 is 2. The molecule has 0 amide bonds. The van der Waals surface area contributed by atoms with Gasteiger partial charge in [-0.15, -0.1) is 22.7 Å². The van der Waals surface area contributed by atoms with Gasteiger partial charge in [0.25, 0.3) is 6.47 Å². The number of alkyl halides is 1. The van der Waals surface area contributed by atoms with Crippen LogP contribution >= 0.6 is 38.6 Å². The third kappa shape index (κ3) is 15.6. The molecule has 6 aromatic heterocycles. The van der Waals surface area contributed by atoms with Crippen molar-refractivity contribution in [2.75, 3.05) is 27.4 Å². The first kappa shape index (κ1) is 67.6. The Labute approximate surface area is 575 Å². The number of aromatic amines is 1. The molecule has 24 heteroatoms. The number of rotatable bonds is 12. The Kier molecular flexibility index (Phi) is 28.6. The Morgan fingerprint density at radius 3 is 1.73 bits per heavy atom. The van der Waals surface area contributed by atoms with Crippen LogP contribution in [0.1, 0.15) is 62.2 Å². The molecule has 6 heterocycles. The molecule has 0 spiro atoms. The van der Waals surface area contributed by atoms with Crippen LogP contribution in [-0.2, 0) is 31.0 Å². The van der Waals surface area contributed by atoms with Crippen molar-refractivity contribution in [1.82, 2.24) is 29.5 Å². The molecule has 0 unspecified atom stereocenters. The quantitative estimate of drug-likeness (QED) is 0.0347. The van der Waals surface area contributed by atoms with E-state index in [0.29, 0.717) is 51.6 Å². The van der Waals surface area contributed by atoms with Crippen LogP contribution < -0.4 is 153 Å². The number of hydrogen-bond acceptors (Lipinski definition) is 15. The van der Waals surface area contributed by atoms with E-state index in [1.165, 1.54) is 54.0 Å². The fourth-order valence-corrected chi connectivity index (χ4v) is 9.90. The molecule has 1 N–H and O–H groups in total. The van der Waals surface area contributed by atoms with Gasteiger partial charge in [0, 0.05) is 74.0 Å². The topological polar surface area (TPSA) is 193 Å². The van der Waals surface area contributed by atoms with E-state index in [4.69, 9.17) is 29.0 Å². The summed E-state index contributed by atoms with van der Waals surface area (Å²) in [6, 6.07) is 21.7. The van der Waals surface area contributed by atoms with Crippen molar-refractivity contribution >= 4 is 99.3 Å². The van der Waals surface area contributed by atoms with Crippen molar-refractivity contribution in [3.8, 4) is 34.0 Å². The van der Waals surface area contributed by atoms with Gasteiger partial charge in [-0.2, -0.15) is 0 Å². The Bertz CT molecular complexity index is 3610. The summed E-state index contributed by atoms with van der Waals surface area (Å²) in [7, 11) is 3.07. The van der Waals surface area contributed by atoms with Crippen LogP contribution in [0.2, 0.25) is 0 Å². The number of carbonyl (C=O) groups is 3. The first-order valence-electron chi connectivity index (χ1n) is 21.7. The SMILES string of the molecule is C.C.CCOC(=O)c1[nH]c2ccc3ncsc3c2c1-c1cccnc1OC.CCOC(=O)c1c(-c2cccnc2OC)c2c3scnc3ccc2n1Cc1ccc(F)cc1F.Fc1ccc(CBr)c(F)c1.O=CO[O-].[Cs+].[Cs+].[H-]. The van der Waals surface area contributed by atoms with E-state index in [0.717, 1.165) is 60.0 Å². The second-order valence-corrected chi connectivity index (χ2v) is 17.2. The summed E-state index contributed by atoms with van der Waals surface area (Å²) in [6.07, 6.45) is 3.26. The molecule has 77 heavy (non-hydrogen) atoms. The Morgan fingerprint density at radius 2 is 1.22 bits per heavy atom. The van der Waals surface area contributed by atoms with Crippen molar-refractivity contribution in [2.45, 2.75) is 40.6 Å². The minimum Gasteiger partial charge on any atom is -1.00 e. The van der Waals surface area contributed by atoms with E-state index in [1.54, 1.807) is 55.0 Å². The van der Waals surface area contributed by atoms with Crippen molar-refractivity contribution < 1.29 is 200 Å². The number of esters is 2. The average Bonchev–Trinajstić information content (AvgIpc) is 4.36. The first-order chi connectivity index (χ1) is 35.4. The number of hydrogen-bond donors (Lipinski definition) is 1. The summed E-state index contributed by atoms with van der Waals surface area (Å²) in [5.41, 5.74) is 10.7. The number of halogens is 5. The number of H-pyrrole nitrogens is 1. The molecular formula is C53H49BrCs2F4N6O9S2. The number of nitrogens with zero attached hydrogens (tertiary/aromatic N) is 5. The zero-order valence-electron chi connectivity index (χ0n) is 41.9. The molecule has 0 saturated heterocycles. The van der Waals surface area contributed by atoms with Crippen LogP contribution in [0.4, 0.5) is 17.6 Å². The Balaban J connectivity index is 0.000000416. The second-order valence-electron chi connectivity index (χ2n) is 14.9. The van der Waals surface area contributed by atoms with E-state index >= 15 is 0 Å². The predicted octanol–water partition coefficient (Wildman–Crippen LogP) is 6.54. The van der Waals surface area contributed by atoms with E-state index < -0.39 is 35.2 Å². The summed E-state index contributed by atoms with van der Waals surface area (Å²) in [5.74, 6) is -2.60. The number of pyridine rings is 2. The van der Waals surface area contributed by atoms with E-state index in [9.17, 15) is 27.2 Å². The third-order valence-electron chi connectivity index (χ3n) is 10.7. The maximum absolute atomic E-state index is 14.7. The van der Waals surface area contributed by atoms with Gasteiger partial charge in [-0.25, -0.2) is 47.1 Å². The molecule has 10 rings (SSSR count). The molecule has 0 radical (unpaired) electrons. The number of thiazole rings is 2. The van der Waals surface area contributed by atoms with Gasteiger partial charge in [0.2, 0.25) is 11.8 Å². The van der Waals surface area contributed by atoms with E-state index in [2.05, 4.69) is 45.7 Å². The maximum Gasteiger partial charge on any atom is 1.00 e. The minimum absolute atomic E-state index is 0.